The van der Waals surface area contributed by atoms with Gasteiger partial charge in [-0.05, 0) is 23.8 Å². The quantitative estimate of drug-likeness (QED) is 0.663. The highest BCUT2D eigenvalue weighted by molar-refractivity contribution is 5.81. The maximum atomic E-state index is 15.2. The van der Waals surface area contributed by atoms with E-state index in [1.54, 1.807) is 30.3 Å². The van der Waals surface area contributed by atoms with E-state index in [9.17, 15) is 9.65 Å². The molecule has 2 aromatic carbocycles. The van der Waals surface area contributed by atoms with Crippen molar-refractivity contribution in [2.75, 3.05) is 7.11 Å². The van der Waals surface area contributed by atoms with Crippen LogP contribution in [0.25, 0.3) is 22.3 Å². The number of pyridine rings is 1. The van der Waals surface area contributed by atoms with Gasteiger partial charge in [0.1, 0.15) is 17.6 Å². The van der Waals surface area contributed by atoms with Crippen LogP contribution in [-0.2, 0) is 0 Å². The van der Waals surface area contributed by atoms with Gasteiger partial charge in [-0.2, -0.15) is 9.65 Å². The number of aromatic nitrogens is 1. The van der Waals surface area contributed by atoms with Gasteiger partial charge in [0.2, 0.25) is 5.95 Å². The van der Waals surface area contributed by atoms with Crippen LogP contribution in [0.3, 0.4) is 0 Å². The normalized spacial score (nSPS) is 10.2. The summed E-state index contributed by atoms with van der Waals surface area (Å²) in [6.07, 6.45) is 1.27. The molecule has 3 rings (SSSR count). The average Bonchev–Trinajstić information content (AvgIpc) is 2.62. The van der Waals surface area contributed by atoms with E-state index in [0.29, 0.717) is 5.56 Å². The van der Waals surface area contributed by atoms with Crippen molar-refractivity contribution in [3.63, 3.8) is 0 Å². The van der Waals surface area contributed by atoms with Crippen LogP contribution >= 0.6 is 0 Å². The lowest BCUT2D eigenvalue weighted by atomic mass is 9.94. The molecule has 0 N–H and O–H groups in total. The highest BCUT2D eigenvalue weighted by atomic mass is 19.1. The Morgan fingerprint density at radius 2 is 1.79 bits per heavy atom. The molecule has 0 amide bonds. The van der Waals surface area contributed by atoms with Crippen molar-refractivity contribution in [2.24, 2.45) is 0 Å². The molecule has 0 radical (unpaired) electrons. The molecule has 0 saturated carbocycles. The number of hydrogen-bond acceptors (Lipinski definition) is 3. The van der Waals surface area contributed by atoms with Gasteiger partial charge in [-0.15, -0.1) is 0 Å². The SMILES string of the molecule is COc1c(C#N)cc(-c2ccccc2)c(F)c1-c1cccnc1F. The second-order valence-corrected chi connectivity index (χ2v) is 5.01. The molecule has 0 aliphatic carbocycles. The Morgan fingerprint density at radius 1 is 1.04 bits per heavy atom. The minimum absolute atomic E-state index is 0.0124. The predicted molar refractivity (Wildman–Crippen MR) is 86.3 cm³/mol. The minimum Gasteiger partial charge on any atom is -0.495 e. The molecule has 0 fully saturated rings. The molecule has 0 atom stereocenters. The third-order valence-corrected chi connectivity index (χ3v) is 3.65. The lowest BCUT2D eigenvalue weighted by molar-refractivity contribution is 0.411. The van der Waals surface area contributed by atoms with Crippen LogP contribution < -0.4 is 4.74 Å². The first-order valence-corrected chi connectivity index (χ1v) is 7.14. The minimum atomic E-state index is -0.830. The van der Waals surface area contributed by atoms with Crippen LogP contribution in [-0.4, -0.2) is 12.1 Å². The topological polar surface area (TPSA) is 45.9 Å². The molecule has 24 heavy (non-hydrogen) atoms. The summed E-state index contributed by atoms with van der Waals surface area (Å²) in [7, 11) is 1.32. The molecule has 0 aliphatic heterocycles. The number of nitrogens with zero attached hydrogens (tertiary/aromatic N) is 2. The standard InChI is InChI=1S/C19H12F2N2O/c1-24-18-13(11-22)10-15(12-6-3-2-4-7-12)17(20)16(18)14-8-5-9-23-19(14)21/h2-10H,1H3. The monoisotopic (exact) mass is 322 g/mol. The number of nitriles is 1. The molecule has 3 aromatic rings. The molecule has 5 heteroatoms. The number of rotatable bonds is 3. The summed E-state index contributed by atoms with van der Waals surface area (Å²) in [6, 6.07) is 15.0. The second kappa shape index (κ2) is 6.47. The number of methoxy groups -OCH3 is 1. The summed E-state index contributed by atoms with van der Waals surface area (Å²) in [4.78, 5) is 3.56. The Bertz CT molecular complexity index is 934. The van der Waals surface area contributed by atoms with Crippen molar-refractivity contribution >= 4 is 0 Å². The largest absolute Gasteiger partial charge is 0.495 e. The molecule has 1 aromatic heterocycles. The van der Waals surface area contributed by atoms with E-state index in [1.807, 2.05) is 6.07 Å². The third-order valence-electron chi connectivity index (χ3n) is 3.65. The van der Waals surface area contributed by atoms with Crippen LogP contribution in [0.15, 0.2) is 54.7 Å². The van der Waals surface area contributed by atoms with E-state index in [0.717, 1.165) is 0 Å². The van der Waals surface area contributed by atoms with Gasteiger partial charge in [0.05, 0.1) is 18.2 Å². The van der Waals surface area contributed by atoms with E-state index < -0.39 is 11.8 Å². The van der Waals surface area contributed by atoms with Gasteiger partial charge in [0, 0.05) is 17.3 Å². The van der Waals surface area contributed by atoms with Crippen LogP contribution in [0, 0.1) is 23.1 Å². The maximum Gasteiger partial charge on any atom is 0.220 e. The molecule has 1 heterocycles. The lowest BCUT2D eigenvalue weighted by Gasteiger charge is -2.15. The van der Waals surface area contributed by atoms with Crippen molar-refractivity contribution in [3.05, 3.63) is 72.1 Å². The molecule has 0 unspecified atom stereocenters. The lowest BCUT2D eigenvalue weighted by Crippen LogP contribution is -2.00. The van der Waals surface area contributed by atoms with Gasteiger partial charge in [0.15, 0.2) is 0 Å². The van der Waals surface area contributed by atoms with Crippen LogP contribution in [0.1, 0.15) is 5.56 Å². The fourth-order valence-electron chi connectivity index (χ4n) is 2.58. The summed E-state index contributed by atoms with van der Waals surface area (Å²) in [5, 5.41) is 9.39. The highest BCUT2D eigenvalue weighted by Gasteiger charge is 2.23. The molecular weight excluding hydrogens is 310 g/mol. The van der Waals surface area contributed by atoms with E-state index in [4.69, 9.17) is 4.74 Å². The summed E-state index contributed by atoms with van der Waals surface area (Å²) < 4.78 is 34.5. The van der Waals surface area contributed by atoms with Crippen molar-refractivity contribution in [1.82, 2.24) is 4.98 Å². The van der Waals surface area contributed by atoms with Crippen LogP contribution in [0.5, 0.6) is 5.75 Å². The molecule has 118 valence electrons. The molecule has 0 bridgehead atoms. The fourth-order valence-corrected chi connectivity index (χ4v) is 2.58. The second-order valence-electron chi connectivity index (χ2n) is 5.01. The zero-order chi connectivity index (χ0) is 17.1. The molecule has 0 spiro atoms. The van der Waals surface area contributed by atoms with E-state index in [1.165, 1.54) is 31.5 Å². The van der Waals surface area contributed by atoms with Crippen molar-refractivity contribution in [1.29, 1.82) is 5.26 Å². The number of benzene rings is 2. The van der Waals surface area contributed by atoms with E-state index in [-0.39, 0.29) is 28.0 Å². The number of hydrogen-bond donors (Lipinski definition) is 0. The Hall–Kier alpha value is -3.26. The first-order valence-electron chi connectivity index (χ1n) is 7.14. The average molecular weight is 322 g/mol. The van der Waals surface area contributed by atoms with Crippen LogP contribution in [0.4, 0.5) is 8.78 Å². The zero-order valence-electron chi connectivity index (χ0n) is 12.8. The van der Waals surface area contributed by atoms with Gasteiger partial charge in [-0.1, -0.05) is 30.3 Å². The van der Waals surface area contributed by atoms with E-state index >= 15 is 4.39 Å². The van der Waals surface area contributed by atoms with Gasteiger partial charge in [-0.25, -0.2) is 9.37 Å². The Morgan fingerprint density at radius 3 is 2.42 bits per heavy atom. The number of halogens is 2. The highest BCUT2D eigenvalue weighted by Crippen LogP contribution is 2.41. The Kier molecular flexibility index (Phi) is 4.21. The summed E-state index contributed by atoms with van der Waals surface area (Å²) in [6.45, 7) is 0. The van der Waals surface area contributed by atoms with Gasteiger partial charge >= 0.3 is 0 Å². The smallest absolute Gasteiger partial charge is 0.220 e. The zero-order valence-corrected chi connectivity index (χ0v) is 12.8. The van der Waals surface area contributed by atoms with Crippen molar-refractivity contribution in [2.45, 2.75) is 0 Å². The maximum absolute atomic E-state index is 15.2. The molecular formula is C19H12F2N2O. The summed E-state index contributed by atoms with van der Waals surface area (Å²) in [5.41, 5.74) is 0.740. The first-order chi connectivity index (χ1) is 11.7. The van der Waals surface area contributed by atoms with Gasteiger partial charge in [-0.3, -0.25) is 0 Å². The van der Waals surface area contributed by atoms with Crippen molar-refractivity contribution in [3.8, 4) is 34.1 Å². The first kappa shape index (κ1) is 15.6. The van der Waals surface area contributed by atoms with Gasteiger partial charge in [0.25, 0.3) is 0 Å². The Labute approximate surface area is 137 Å². The van der Waals surface area contributed by atoms with Crippen molar-refractivity contribution < 1.29 is 13.5 Å². The molecule has 0 saturated heterocycles. The fraction of sp³-hybridized carbons (Fsp3) is 0.0526. The summed E-state index contributed by atoms with van der Waals surface area (Å²) >= 11 is 0. The third kappa shape index (κ3) is 2.59. The Balaban J connectivity index is 2.39. The molecule has 3 nitrogen and oxygen atoms in total. The van der Waals surface area contributed by atoms with E-state index in [2.05, 4.69) is 4.98 Å². The van der Waals surface area contributed by atoms with Crippen LogP contribution in [0.2, 0.25) is 0 Å². The van der Waals surface area contributed by atoms with Gasteiger partial charge < -0.3 is 4.74 Å². The molecule has 0 aliphatic rings. The number of ether oxygens (including phenoxy) is 1. The summed E-state index contributed by atoms with van der Waals surface area (Å²) in [5.74, 6) is -1.51. The predicted octanol–water partition coefficient (Wildman–Crippen LogP) is 4.57.